The fraction of sp³-hybridized carbons (Fsp3) is 0.148. The molecule has 2 amide bonds. The van der Waals surface area contributed by atoms with Crippen LogP contribution in [-0.4, -0.2) is 67.6 Å². The predicted molar refractivity (Wildman–Crippen MR) is 151 cm³/mol. The molecule has 7 N–H and O–H groups in total. The Balaban J connectivity index is 0.00000108. The van der Waals surface area contributed by atoms with Crippen molar-refractivity contribution in [3.05, 3.63) is 89.0 Å². The van der Waals surface area contributed by atoms with Crippen molar-refractivity contribution in [2.24, 2.45) is 5.73 Å². The monoisotopic (exact) mass is 584 g/mol. The zero-order valence-electron chi connectivity index (χ0n) is 22.0. The van der Waals surface area contributed by atoms with Crippen LogP contribution in [0.5, 0.6) is 0 Å². The molecule has 0 aliphatic carbocycles. The maximum absolute atomic E-state index is 13.1. The van der Waals surface area contributed by atoms with Crippen LogP contribution in [-0.2, 0) is 19.6 Å². The lowest BCUT2D eigenvalue weighted by molar-refractivity contribution is -0.140. The lowest BCUT2D eigenvalue weighted by Crippen LogP contribution is -2.26. The number of benzene rings is 3. The molecule has 0 atom stereocenters. The number of ether oxygens (including phenoxy) is 1. The van der Waals surface area contributed by atoms with Gasteiger partial charge < -0.3 is 26.2 Å². The summed E-state index contributed by atoms with van der Waals surface area (Å²) in [6.07, 6.45) is 0.694. The smallest absolute Gasteiger partial charge is 0.336 e. The van der Waals surface area contributed by atoms with Crippen LogP contribution in [0.4, 0.5) is 5.69 Å². The molecule has 0 saturated carbocycles. The number of anilines is 1. The molecular weight excluding hydrogens is 556 g/mol. The SMILES string of the molecule is COC(=O)CCNC(=O)c1ccc(-c2ccccc2C(=O)Nc2ccc(C(=N)N)cc2)c(C(=O)O)c1.CS(=O)(=O)O. The Hall–Kier alpha value is -5.08. The molecule has 41 heavy (non-hydrogen) atoms. The summed E-state index contributed by atoms with van der Waals surface area (Å²) in [5, 5.41) is 22.6. The standard InChI is InChI=1S/C26H24N4O6.CH4O3S/c1-36-22(31)12-13-29-24(32)16-8-11-19(21(14-16)26(34)35)18-4-2-3-5-20(18)25(33)30-17-9-6-15(7-10-17)23(27)28;1-5(2,3)4/h2-11,14H,12-13H2,1H3,(H3,27,28)(H,29,32)(H,30,33)(H,34,35);1H3,(H,2,3,4). The van der Waals surface area contributed by atoms with Crippen LogP contribution in [0, 0.1) is 5.41 Å². The summed E-state index contributed by atoms with van der Waals surface area (Å²) in [6.45, 7) is 0.0338. The zero-order valence-corrected chi connectivity index (χ0v) is 22.8. The molecule has 3 rings (SSSR count). The van der Waals surface area contributed by atoms with E-state index in [9.17, 15) is 32.7 Å². The van der Waals surface area contributed by atoms with Gasteiger partial charge in [0.25, 0.3) is 21.9 Å². The first kappa shape index (κ1) is 32.1. The number of carbonyl (C=O) groups is 4. The van der Waals surface area contributed by atoms with Gasteiger partial charge in [-0.25, -0.2) is 4.79 Å². The summed E-state index contributed by atoms with van der Waals surface area (Å²) in [4.78, 5) is 48.8. The molecule has 13 nitrogen and oxygen atoms in total. The average Bonchev–Trinajstić information content (AvgIpc) is 2.91. The molecule has 0 unspecified atom stereocenters. The number of hydrogen-bond donors (Lipinski definition) is 6. The molecule has 3 aromatic carbocycles. The second-order valence-corrected chi connectivity index (χ2v) is 9.84. The summed E-state index contributed by atoms with van der Waals surface area (Å²) < 4.78 is 30.4. The number of nitrogens with two attached hydrogens (primary N) is 1. The number of hydrogen-bond acceptors (Lipinski definition) is 8. The number of carbonyl (C=O) groups excluding carboxylic acids is 3. The Bertz CT molecular complexity index is 1560. The number of amidine groups is 1. The molecule has 0 aliphatic rings. The lowest BCUT2D eigenvalue weighted by atomic mass is 9.93. The van der Waals surface area contributed by atoms with Crippen LogP contribution < -0.4 is 16.4 Å². The fourth-order valence-electron chi connectivity index (χ4n) is 3.43. The third kappa shape index (κ3) is 10.2. The van der Waals surface area contributed by atoms with Crippen LogP contribution in [0.2, 0.25) is 0 Å². The van der Waals surface area contributed by atoms with E-state index in [0.29, 0.717) is 23.1 Å². The van der Waals surface area contributed by atoms with Crippen molar-refractivity contribution in [3.8, 4) is 11.1 Å². The Morgan fingerprint density at radius 1 is 0.902 bits per heavy atom. The molecule has 0 bridgehead atoms. The maximum Gasteiger partial charge on any atom is 0.336 e. The predicted octanol–water partition coefficient (Wildman–Crippen LogP) is 2.39. The third-order valence-electron chi connectivity index (χ3n) is 5.27. The highest BCUT2D eigenvalue weighted by Crippen LogP contribution is 2.29. The van der Waals surface area contributed by atoms with Crippen LogP contribution in [0.15, 0.2) is 66.7 Å². The molecule has 0 aliphatic heterocycles. The van der Waals surface area contributed by atoms with E-state index in [2.05, 4.69) is 15.4 Å². The van der Waals surface area contributed by atoms with Crippen molar-refractivity contribution < 1.29 is 42.0 Å². The quantitative estimate of drug-likeness (QED) is 0.0931. The molecule has 0 aromatic heterocycles. The Kier molecular flexibility index (Phi) is 11.2. The van der Waals surface area contributed by atoms with Gasteiger partial charge in [-0.1, -0.05) is 24.3 Å². The number of nitrogens with one attached hydrogen (secondary N) is 3. The van der Waals surface area contributed by atoms with E-state index in [4.69, 9.17) is 15.7 Å². The van der Waals surface area contributed by atoms with E-state index in [-0.39, 0.29) is 41.1 Å². The van der Waals surface area contributed by atoms with Crippen molar-refractivity contribution >= 4 is 45.4 Å². The number of amides is 2. The average molecular weight is 585 g/mol. The van der Waals surface area contributed by atoms with Crippen LogP contribution in [0.25, 0.3) is 11.1 Å². The van der Waals surface area contributed by atoms with Crippen LogP contribution >= 0.6 is 0 Å². The highest BCUT2D eigenvalue weighted by molar-refractivity contribution is 7.85. The summed E-state index contributed by atoms with van der Waals surface area (Å²) >= 11 is 0. The van der Waals surface area contributed by atoms with Crippen molar-refractivity contribution in [1.29, 1.82) is 5.41 Å². The van der Waals surface area contributed by atoms with Gasteiger partial charge in [0, 0.05) is 28.9 Å². The first-order valence-corrected chi connectivity index (χ1v) is 13.6. The van der Waals surface area contributed by atoms with Gasteiger partial charge in [-0.15, -0.1) is 0 Å². The van der Waals surface area contributed by atoms with Gasteiger partial charge in [-0.3, -0.25) is 24.3 Å². The molecule has 0 fully saturated rings. The topological polar surface area (TPSA) is 226 Å². The first-order chi connectivity index (χ1) is 19.2. The second-order valence-electron chi connectivity index (χ2n) is 8.37. The Morgan fingerprint density at radius 3 is 2.02 bits per heavy atom. The Labute approximate surface area is 235 Å². The minimum Gasteiger partial charge on any atom is -0.478 e. The number of carboxylic acid groups (broad SMARTS) is 1. The molecule has 3 aromatic rings. The zero-order chi connectivity index (χ0) is 30.7. The normalized spacial score (nSPS) is 10.4. The largest absolute Gasteiger partial charge is 0.478 e. The van der Waals surface area contributed by atoms with Crippen molar-refractivity contribution in [3.63, 3.8) is 0 Å². The summed E-state index contributed by atoms with van der Waals surface area (Å²) in [5.74, 6) is -2.87. The lowest BCUT2D eigenvalue weighted by Gasteiger charge is -2.14. The Morgan fingerprint density at radius 2 is 1.46 bits per heavy atom. The fourth-order valence-corrected chi connectivity index (χ4v) is 3.43. The second kappa shape index (κ2) is 14.3. The van der Waals surface area contributed by atoms with E-state index >= 15 is 0 Å². The third-order valence-corrected chi connectivity index (χ3v) is 5.27. The van der Waals surface area contributed by atoms with E-state index < -0.39 is 33.9 Å². The summed E-state index contributed by atoms with van der Waals surface area (Å²) in [5.41, 5.74) is 7.21. The van der Waals surface area contributed by atoms with Gasteiger partial charge in [-0.05, 0) is 53.6 Å². The molecule has 0 radical (unpaired) electrons. The van der Waals surface area contributed by atoms with E-state index in [1.807, 2.05) is 0 Å². The van der Waals surface area contributed by atoms with Gasteiger partial charge in [0.2, 0.25) is 0 Å². The van der Waals surface area contributed by atoms with Crippen LogP contribution in [0.1, 0.15) is 43.1 Å². The number of esters is 1. The molecule has 0 spiro atoms. The van der Waals surface area contributed by atoms with E-state index in [0.717, 1.165) is 0 Å². The highest BCUT2D eigenvalue weighted by atomic mass is 32.2. The first-order valence-electron chi connectivity index (χ1n) is 11.7. The van der Waals surface area contributed by atoms with Crippen molar-refractivity contribution in [2.45, 2.75) is 6.42 Å². The number of carboxylic acids is 1. The number of nitrogen functional groups attached to an aromatic ring is 1. The minimum absolute atomic E-state index is 0.0217. The molecule has 14 heteroatoms. The van der Waals surface area contributed by atoms with Crippen molar-refractivity contribution in [1.82, 2.24) is 5.32 Å². The maximum atomic E-state index is 13.1. The number of methoxy groups -OCH3 is 1. The van der Waals surface area contributed by atoms with Gasteiger partial charge in [0.15, 0.2) is 0 Å². The van der Waals surface area contributed by atoms with Gasteiger partial charge >= 0.3 is 11.9 Å². The minimum atomic E-state index is -3.67. The summed E-state index contributed by atoms with van der Waals surface area (Å²) in [6, 6.07) is 17.0. The number of rotatable bonds is 9. The van der Waals surface area contributed by atoms with Crippen molar-refractivity contribution in [2.75, 3.05) is 25.2 Å². The van der Waals surface area contributed by atoms with E-state index in [1.165, 1.54) is 25.3 Å². The highest BCUT2D eigenvalue weighted by Gasteiger charge is 2.20. The van der Waals surface area contributed by atoms with Gasteiger partial charge in [0.1, 0.15) is 5.84 Å². The molecule has 216 valence electrons. The molecule has 0 saturated heterocycles. The molecular formula is C27H28N4O9S. The molecule has 0 heterocycles. The van der Waals surface area contributed by atoms with Crippen LogP contribution in [0.3, 0.4) is 0 Å². The van der Waals surface area contributed by atoms with E-state index in [1.54, 1.807) is 48.5 Å². The summed E-state index contributed by atoms with van der Waals surface area (Å²) in [7, 11) is -2.43. The van der Waals surface area contributed by atoms with Gasteiger partial charge in [0.05, 0.1) is 25.3 Å². The van der Waals surface area contributed by atoms with Gasteiger partial charge in [-0.2, -0.15) is 8.42 Å². The number of aromatic carboxylic acids is 1.